The summed E-state index contributed by atoms with van der Waals surface area (Å²) < 4.78 is 1.57. The Bertz CT molecular complexity index is 883. The molecule has 0 saturated carbocycles. The van der Waals surface area contributed by atoms with Crippen LogP contribution in [0.1, 0.15) is 10.4 Å². The first-order valence-electron chi connectivity index (χ1n) is 6.61. The monoisotopic (exact) mass is 318 g/mol. The number of hydrogen-bond donors (Lipinski definition) is 1. The fourth-order valence-corrected chi connectivity index (χ4v) is 2.08. The zero-order valence-electron chi connectivity index (χ0n) is 12.5. The predicted octanol–water partition coefficient (Wildman–Crippen LogP) is 0.287. The zero-order chi connectivity index (χ0) is 17.1. The van der Waals surface area contributed by atoms with Gasteiger partial charge in [0.1, 0.15) is 0 Å². The van der Waals surface area contributed by atoms with Crippen molar-refractivity contribution in [3.8, 4) is 0 Å². The smallest absolute Gasteiger partial charge is 0.358 e. The number of anilines is 1. The van der Waals surface area contributed by atoms with Crippen LogP contribution in [0.2, 0.25) is 0 Å². The van der Waals surface area contributed by atoms with Gasteiger partial charge in [-0.1, -0.05) is 30.3 Å². The molecule has 9 heteroatoms. The lowest BCUT2D eigenvalue weighted by molar-refractivity contribution is -0.386. The van der Waals surface area contributed by atoms with Crippen LogP contribution in [0.4, 0.5) is 11.5 Å². The number of nitrogens with one attached hydrogen (secondary N) is 1. The van der Waals surface area contributed by atoms with E-state index < -0.39 is 21.9 Å². The van der Waals surface area contributed by atoms with Crippen LogP contribution in [0.25, 0.3) is 0 Å². The first kappa shape index (κ1) is 16.1. The summed E-state index contributed by atoms with van der Waals surface area (Å²) >= 11 is 0. The molecule has 0 bridgehead atoms. The van der Waals surface area contributed by atoms with Gasteiger partial charge in [0.25, 0.3) is 0 Å². The molecule has 0 amide bonds. The van der Waals surface area contributed by atoms with Crippen molar-refractivity contribution in [2.45, 2.75) is 0 Å². The Morgan fingerprint density at radius 2 is 1.78 bits per heavy atom. The zero-order valence-corrected chi connectivity index (χ0v) is 12.5. The van der Waals surface area contributed by atoms with Gasteiger partial charge in [-0.15, -0.1) is 0 Å². The predicted molar refractivity (Wildman–Crippen MR) is 82.8 cm³/mol. The molecule has 1 aromatic heterocycles. The summed E-state index contributed by atoms with van der Waals surface area (Å²) in [6, 6.07) is 8.32. The number of nitro groups is 1. The van der Waals surface area contributed by atoms with Gasteiger partial charge in [0.15, 0.2) is 11.6 Å². The Morgan fingerprint density at radius 1 is 1.17 bits per heavy atom. The molecule has 0 aliphatic rings. The first-order valence-corrected chi connectivity index (χ1v) is 6.61. The van der Waals surface area contributed by atoms with Crippen molar-refractivity contribution in [2.75, 3.05) is 11.9 Å². The number of hydrogen-bond acceptors (Lipinski definition) is 6. The van der Waals surface area contributed by atoms with E-state index in [0.29, 0.717) is 10.1 Å². The Balaban J connectivity index is 2.41. The molecule has 0 aliphatic carbocycles. The van der Waals surface area contributed by atoms with Crippen LogP contribution in [0.15, 0.2) is 39.9 Å². The average molecular weight is 318 g/mol. The van der Waals surface area contributed by atoms with E-state index in [9.17, 15) is 24.5 Å². The van der Waals surface area contributed by atoms with Gasteiger partial charge in [-0.3, -0.25) is 28.8 Å². The minimum Gasteiger partial charge on any atom is -0.358 e. The molecule has 1 aromatic carbocycles. The molecular weight excluding hydrogens is 304 g/mol. The molecule has 0 radical (unpaired) electrons. The molecule has 2 aromatic rings. The molecule has 1 N–H and O–H groups in total. The van der Waals surface area contributed by atoms with Crippen LogP contribution in [0, 0.1) is 10.1 Å². The van der Waals surface area contributed by atoms with Crippen LogP contribution in [-0.4, -0.2) is 26.4 Å². The van der Waals surface area contributed by atoms with Crippen molar-refractivity contribution < 1.29 is 9.72 Å². The third-order valence-electron chi connectivity index (χ3n) is 3.34. The van der Waals surface area contributed by atoms with E-state index in [4.69, 9.17) is 0 Å². The second kappa shape index (κ2) is 6.26. The van der Waals surface area contributed by atoms with Crippen LogP contribution < -0.4 is 16.6 Å². The summed E-state index contributed by atoms with van der Waals surface area (Å²) in [4.78, 5) is 46.1. The normalized spacial score (nSPS) is 10.3. The molecule has 1 heterocycles. The van der Waals surface area contributed by atoms with Crippen molar-refractivity contribution in [3.63, 3.8) is 0 Å². The van der Waals surface area contributed by atoms with E-state index in [1.165, 1.54) is 7.05 Å². The SMILES string of the molecule is Cn1c(NCC(=O)c2ccccc2)c([N+](=O)[O-])c(=O)n(C)c1=O. The lowest BCUT2D eigenvalue weighted by Gasteiger charge is -2.11. The maximum atomic E-state index is 12.0. The fraction of sp³-hybridized carbons (Fsp3) is 0.214. The van der Waals surface area contributed by atoms with Gasteiger partial charge in [0, 0.05) is 19.7 Å². The van der Waals surface area contributed by atoms with Crippen LogP contribution in [0.5, 0.6) is 0 Å². The number of rotatable bonds is 5. The lowest BCUT2D eigenvalue weighted by Crippen LogP contribution is -2.39. The maximum Gasteiger partial charge on any atom is 0.374 e. The summed E-state index contributed by atoms with van der Waals surface area (Å²) in [5.74, 6) is -0.625. The summed E-state index contributed by atoms with van der Waals surface area (Å²) in [6.07, 6.45) is 0. The number of benzene rings is 1. The summed E-state index contributed by atoms with van der Waals surface area (Å²) in [5.41, 5.74) is -2.13. The molecule has 0 spiro atoms. The number of aromatic nitrogens is 2. The highest BCUT2D eigenvalue weighted by atomic mass is 16.6. The molecular formula is C14H14N4O5. The quantitative estimate of drug-likeness (QED) is 0.481. The molecule has 0 atom stereocenters. The van der Waals surface area contributed by atoms with Gasteiger partial charge in [-0.25, -0.2) is 4.79 Å². The van der Waals surface area contributed by atoms with Gasteiger partial charge in [-0.2, -0.15) is 0 Å². The van der Waals surface area contributed by atoms with E-state index in [2.05, 4.69) is 5.32 Å². The van der Waals surface area contributed by atoms with Crippen LogP contribution in [0.3, 0.4) is 0 Å². The second-order valence-corrected chi connectivity index (χ2v) is 4.80. The van der Waals surface area contributed by atoms with E-state index in [0.717, 1.165) is 11.6 Å². The highest BCUT2D eigenvalue weighted by molar-refractivity contribution is 5.99. The standard InChI is InChI=1S/C14H14N4O5/c1-16-12(11(18(22)23)13(20)17(2)14(16)21)15-8-10(19)9-6-4-3-5-7-9/h3-7,15H,8H2,1-2H3. The van der Waals surface area contributed by atoms with Crippen molar-refractivity contribution >= 4 is 17.3 Å². The third kappa shape index (κ3) is 3.03. The first-order chi connectivity index (χ1) is 10.8. The van der Waals surface area contributed by atoms with E-state index >= 15 is 0 Å². The van der Waals surface area contributed by atoms with Gasteiger partial charge in [0.05, 0.1) is 11.5 Å². The highest BCUT2D eigenvalue weighted by Gasteiger charge is 2.25. The molecule has 2 rings (SSSR count). The van der Waals surface area contributed by atoms with Crippen molar-refractivity contribution in [1.29, 1.82) is 0 Å². The third-order valence-corrected chi connectivity index (χ3v) is 3.34. The van der Waals surface area contributed by atoms with E-state index in [-0.39, 0.29) is 18.1 Å². The van der Waals surface area contributed by atoms with Gasteiger partial charge in [-0.05, 0) is 0 Å². The number of nitrogens with zero attached hydrogens (tertiary/aromatic N) is 3. The molecule has 120 valence electrons. The molecule has 0 saturated heterocycles. The number of carbonyl (C=O) groups is 1. The van der Waals surface area contributed by atoms with Gasteiger partial charge in [0.2, 0.25) is 0 Å². The second-order valence-electron chi connectivity index (χ2n) is 4.80. The lowest BCUT2D eigenvalue weighted by atomic mass is 10.1. The topological polar surface area (TPSA) is 116 Å². The number of ketones is 1. The van der Waals surface area contributed by atoms with Crippen molar-refractivity contribution in [3.05, 3.63) is 66.8 Å². The Labute approximate surface area is 129 Å². The Morgan fingerprint density at radius 3 is 2.35 bits per heavy atom. The van der Waals surface area contributed by atoms with Crippen molar-refractivity contribution in [1.82, 2.24) is 9.13 Å². The largest absolute Gasteiger partial charge is 0.374 e. The highest BCUT2D eigenvalue weighted by Crippen LogP contribution is 2.16. The molecule has 0 fully saturated rings. The van der Waals surface area contributed by atoms with Gasteiger partial charge < -0.3 is 5.32 Å². The minimum atomic E-state index is -1.03. The van der Waals surface area contributed by atoms with Crippen LogP contribution >= 0.6 is 0 Å². The summed E-state index contributed by atoms with van der Waals surface area (Å²) in [5, 5.41) is 13.7. The molecule has 23 heavy (non-hydrogen) atoms. The summed E-state index contributed by atoms with van der Waals surface area (Å²) in [7, 11) is 2.43. The number of carbonyl (C=O) groups excluding carboxylic acids is 1. The van der Waals surface area contributed by atoms with Crippen molar-refractivity contribution in [2.24, 2.45) is 14.1 Å². The minimum absolute atomic E-state index is 0.286. The molecule has 9 nitrogen and oxygen atoms in total. The van der Waals surface area contributed by atoms with Gasteiger partial charge >= 0.3 is 16.9 Å². The average Bonchev–Trinajstić information content (AvgIpc) is 2.55. The molecule has 0 unspecified atom stereocenters. The van der Waals surface area contributed by atoms with E-state index in [1.54, 1.807) is 30.3 Å². The molecule has 0 aliphatic heterocycles. The summed E-state index contributed by atoms with van der Waals surface area (Å²) in [6.45, 7) is -0.286. The number of Topliss-reactive ketones (excluding diaryl/α,β-unsaturated/α-hetero) is 1. The maximum absolute atomic E-state index is 12.0. The Kier molecular flexibility index (Phi) is 4.39. The Hall–Kier alpha value is -3.23. The fourth-order valence-electron chi connectivity index (χ4n) is 2.08. The van der Waals surface area contributed by atoms with E-state index in [1.807, 2.05) is 0 Å². The van der Waals surface area contributed by atoms with Crippen LogP contribution in [-0.2, 0) is 14.1 Å².